The molecule has 0 saturated heterocycles. The van der Waals surface area contributed by atoms with Crippen molar-refractivity contribution in [1.82, 2.24) is 14.5 Å². The summed E-state index contributed by atoms with van der Waals surface area (Å²) in [5, 5.41) is 1.59. The number of aromatic nitrogens is 3. The van der Waals surface area contributed by atoms with E-state index < -0.39 is 5.69 Å². The van der Waals surface area contributed by atoms with E-state index in [2.05, 4.69) is 9.97 Å². The maximum absolute atomic E-state index is 13.0. The smallest absolute Gasteiger partial charge is 0.355 e. The topological polar surface area (TPSA) is 99.8 Å². The van der Waals surface area contributed by atoms with Gasteiger partial charge in [0.05, 0.1) is 16.8 Å². The average Bonchev–Trinajstić information content (AvgIpc) is 2.79. The van der Waals surface area contributed by atoms with Crippen LogP contribution in [0.15, 0.2) is 83.7 Å². The highest BCUT2D eigenvalue weighted by Gasteiger charge is 2.18. The molecule has 0 unspecified atom stereocenters. The molecule has 0 bridgehead atoms. The van der Waals surface area contributed by atoms with E-state index in [4.69, 9.17) is 34.7 Å². The summed E-state index contributed by atoms with van der Waals surface area (Å²) >= 11 is 12.4. The predicted molar refractivity (Wildman–Crippen MR) is 135 cm³/mol. The van der Waals surface area contributed by atoms with E-state index in [0.29, 0.717) is 32.5 Å². The number of benzene rings is 3. The number of nitrogens with zero attached hydrogens (tertiary/aromatic N) is 3. The number of halogens is 2. The first-order valence-corrected chi connectivity index (χ1v) is 10.8. The molecule has 0 atom stereocenters. The van der Waals surface area contributed by atoms with Gasteiger partial charge in [-0.1, -0.05) is 53.5 Å². The summed E-state index contributed by atoms with van der Waals surface area (Å²) in [5.41, 5.74) is 16.3. The van der Waals surface area contributed by atoms with E-state index in [0.717, 1.165) is 16.7 Å². The fraction of sp³-hybridized carbons (Fsp3) is 0. The Bertz CT molecular complexity index is 1580. The standard InChI is InChI=1S/C25H17Cl2N5O/c26-16-4-1-3-15(11-16)20-13-21(14-7-9-18(28)10-8-14)30-24-22(20)23(29)32(25(33)31-24)19-6-2-5-17(27)12-19/h1-13H,28-29H2. The van der Waals surface area contributed by atoms with Gasteiger partial charge in [0.15, 0.2) is 5.65 Å². The molecule has 3 aromatic carbocycles. The number of anilines is 2. The minimum Gasteiger partial charge on any atom is -0.399 e. The molecule has 0 aliphatic heterocycles. The third kappa shape index (κ3) is 3.91. The second-order valence-corrected chi connectivity index (χ2v) is 8.35. The monoisotopic (exact) mass is 473 g/mol. The van der Waals surface area contributed by atoms with Gasteiger partial charge in [0.1, 0.15) is 5.82 Å². The molecule has 0 radical (unpaired) electrons. The molecule has 0 amide bonds. The molecule has 0 saturated carbocycles. The first-order valence-electron chi connectivity index (χ1n) is 10.0. The fourth-order valence-corrected chi connectivity index (χ4v) is 4.15. The molecular formula is C25H17Cl2N5O. The van der Waals surface area contributed by atoms with Gasteiger partial charge in [-0.3, -0.25) is 0 Å². The van der Waals surface area contributed by atoms with Crippen LogP contribution in [0.3, 0.4) is 0 Å². The van der Waals surface area contributed by atoms with Crippen LogP contribution in [0.4, 0.5) is 11.5 Å². The van der Waals surface area contributed by atoms with Gasteiger partial charge >= 0.3 is 5.69 Å². The Morgan fingerprint density at radius 2 is 1.45 bits per heavy atom. The maximum Gasteiger partial charge on any atom is 0.355 e. The quantitative estimate of drug-likeness (QED) is 0.332. The van der Waals surface area contributed by atoms with Crippen molar-refractivity contribution in [2.24, 2.45) is 0 Å². The van der Waals surface area contributed by atoms with Crippen LogP contribution < -0.4 is 17.2 Å². The zero-order chi connectivity index (χ0) is 23.1. The van der Waals surface area contributed by atoms with Crippen molar-refractivity contribution in [3.05, 3.63) is 99.4 Å². The number of nitrogen functional groups attached to an aromatic ring is 2. The Labute approximate surface area is 199 Å². The number of nitrogens with two attached hydrogens (primary N) is 2. The van der Waals surface area contributed by atoms with Gasteiger partial charge in [0, 0.05) is 21.3 Å². The SMILES string of the molecule is Nc1ccc(-c2cc(-c3cccc(Cl)c3)c3c(N)n(-c4cccc(Cl)c4)c(=O)nc3n2)cc1. The highest BCUT2D eigenvalue weighted by Crippen LogP contribution is 2.35. The van der Waals surface area contributed by atoms with E-state index >= 15 is 0 Å². The van der Waals surface area contributed by atoms with Crippen molar-refractivity contribution in [2.75, 3.05) is 11.5 Å². The second-order valence-electron chi connectivity index (χ2n) is 7.48. The summed E-state index contributed by atoms with van der Waals surface area (Å²) in [6.45, 7) is 0. The van der Waals surface area contributed by atoms with E-state index in [1.807, 2.05) is 36.4 Å². The van der Waals surface area contributed by atoms with Crippen LogP contribution in [0.5, 0.6) is 0 Å². The molecule has 5 aromatic rings. The third-order valence-corrected chi connectivity index (χ3v) is 5.77. The first-order chi connectivity index (χ1) is 15.9. The molecule has 0 aliphatic carbocycles. The second kappa shape index (κ2) is 8.24. The number of rotatable bonds is 3. The molecule has 2 heterocycles. The van der Waals surface area contributed by atoms with E-state index in [9.17, 15) is 4.79 Å². The molecule has 0 aliphatic rings. The van der Waals surface area contributed by atoms with Gasteiger partial charge < -0.3 is 11.5 Å². The minimum absolute atomic E-state index is 0.207. The molecule has 0 fully saturated rings. The van der Waals surface area contributed by atoms with Crippen molar-refractivity contribution in [2.45, 2.75) is 0 Å². The van der Waals surface area contributed by atoms with E-state index in [1.165, 1.54) is 4.57 Å². The van der Waals surface area contributed by atoms with Gasteiger partial charge in [0.2, 0.25) is 0 Å². The molecule has 0 spiro atoms. The Morgan fingerprint density at radius 1 is 0.758 bits per heavy atom. The lowest BCUT2D eigenvalue weighted by molar-refractivity contribution is 0.944. The molecule has 5 rings (SSSR count). The Hall–Kier alpha value is -3.87. The van der Waals surface area contributed by atoms with Crippen LogP contribution in [0, 0.1) is 0 Å². The Morgan fingerprint density at radius 3 is 2.15 bits per heavy atom. The normalized spacial score (nSPS) is 11.1. The van der Waals surface area contributed by atoms with Crippen molar-refractivity contribution < 1.29 is 0 Å². The van der Waals surface area contributed by atoms with Gasteiger partial charge in [-0.05, 0) is 59.7 Å². The van der Waals surface area contributed by atoms with Crippen LogP contribution in [0.2, 0.25) is 10.0 Å². The zero-order valence-electron chi connectivity index (χ0n) is 17.2. The lowest BCUT2D eigenvalue weighted by Crippen LogP contribution is -2.25. The summed E-state index contributed by atoms with van der Waals surface area (Å²) < 4.78 is 1.33. The first kappa shape index (κ1) is 21.0. The van der Waals surface area contributed by atoms with Crippen molar-refractivity contribution in [1.29, 1.82) is 0 Å². The lowest BCUT2D eigenvalue weighted by atomic mass is 9.99. The lowest BCUT2D eigenvalue weighted by Gasteiger charge is -2.16. The minimum atomic E-state index is -0.554. The molecule has 2 aromatic heterocycles. The number of hydrogen-bond donors (Lipinski definition) is 2. The van der Waals surface area contributed by atoms with Gasteiger partial charge in [-0.25, -0.2) is 14.3 Å². The van der Waals surface area contributed by atoms with Crippen LogP contribution in [-0.2, 0) is 0 Å². The number of pyridine rings is 1. The summed E-state index contributed by atoms with van der Waals surface area (Å²) in [6.07, 6.45) is 0. The molecule has 6 nitrogen and oxygen atoms in total. The summed E-state index contributed by atoms with van der Waals surface area (Å²) in [4.78, 5) is 21.9. The van der Waals surface area contributed by atoms with Crippen LogP contribution >= 0.6 is 23.2 Å². The van der Waals surface area contributed by atoms with Gasteiger partial charge in [-0.15, -0.1) is 0 Å². The number of hydrogen-bond acceptors (Lipinski definition) is 5. The highest BCUT2D eigenvalue weighted by atomic mass is 35.5. The Balaban J connectivity index is 1.87. The maximum atomic E-state index is 13.0. The molecule has 8 heteroatoms. The fourth-order valence-electron chi connectivity index (χ4n) is 3.77. The van der Waals surface area contributed by atoms with E-state index in [1.54, 1.807) is 42.5 Å². The van der Waals surface area contributed by atoms with Crippen molar-refractivity contribution >= 4 is 45.7 Å². The van der Waals surface area contributed by atoms with Crippen molar-refractivity contribution in [3.63, 3.8) is 0 Å². The highest BCUT2D eigenvalue weighted by molar-refractivity contribution is 6.31. The Kier molecular flexibility index (Phi) is 5.24. The third-order valence-electron chi connectivity index (χ3n) is 5.30. The number of fused-ring (bicyclic) bond motifs is 1. The predicted octanol–water partition coefficient (Wildman–Crippen LogP) is 5.59. The van der Waals surface area contributed by atoms with Crippen molar-refractivity contribution in [3.8, 4) is 28.1 Å². The summed E-state index contributed by atoms with van der Waals surface area (Å²) in [5.74, 6) is 0.207. The van der Waals surface area contributed by atoms with Crippen LogP contribution in [0.1, 0.15) is 0 Å². The van der Waals surface area contributed by atoms with Crippen LogP contribution in [-0.4, -0.2) is 14.5 Å². The van der Waals surface area contributed by atoms with Crippen LogP contribution in [0.25, 0.3) is 39.1 Å². The average molecular weight is 474 g/mol. The molecule has 162 valence electrons. The molecule has 33 heavy (non-hydrogen) atoms. The van der Waals surface area contributed by atoms with E-state index in [-0.39, 0.29) is 11.5 Å². The van der Waals surface area contributed by atoms with Gasteiger partial charge in [0.25, 0.3) is 0 Å². The molecule has 4 N–H and O–H groups in total. The summed E-state index contributed by atoms with van der Waals surface area (Å²) in [7, 11) is 0. The zero-order valence-corrected chi connectivity index (χ0v) is 18.7. The largest absolute Gasteiger partial charge is 0.399 e. The van der Waals surface area contributed by atoms with Gasteiger partial charge in [-0.2, -0.15) is 4.98 Å². The molecular weight excluding hydrogens is 457 g/mol. The summed E-state index contributed by atoms with van der Waals surface area (Å²) in [6, 6.07) is 23.5.